The summed E-state index contributed by atoms with van der Waals surface area (Å²) in [6.45, 7) is 1.27. The van der Waals surface area contributed by atoms with E-state index >= 15 is 4.39 Å². The van der Waals surface area contributed by atoms with Gasteiger partial charge in [-0.1, -0.05) is 24.3 Å². The second-order valence-corrected chi connectivity index (χ2v) is 8.23. The Labute approximate surface area is 199 Å². The van der Waals surface area contributed by atoms with Gasteiger partial charge in [0.2, 0.25) is 5.91 Å². The number of fused-ring (bicyclic) bond motifs is 3. The Bertz CT molecular complexity index is 1600. The fourth-order valence-electron chi connectivity index (χ4n) is 4.44. The number of aromatic nitrogens is 1. The molecule has 3 N–H and O–H groups in total. The smallest absolute Gasteiger partial charge is 0.341 e. The SMILES string of the molecule is Cc1cccc(Cn2c3cc(-c4ccco4)cc(OCC(=O)O)c3c3c(C(N)=O)cccc32)c1F. The zero-order chi connectivity index (χ0) is 24.7. The molecule has 0 fully saturated rings. The Kier molecular flexibility index (Phi) is 5.49. The van der Waals surface area contributed by atoms with Gasteiger partial charge in [-0.05, 0) is 48.9 Å². The van der Waals surface area contributed by atoms with Gasteiger partial charge in [0.1, 0.15) is 17.3 Å². The number of primary amides is 1. The molecule has 3 aromatic carbocycles. The molecule has 0 radical (unpaired) electrons. The highest BCUT2D eigenvalue weighted by Crippen LogP contribution is 2.41. The van der Waals surface area contributed by atoms with Gasteiger partial charge in [0.05, 0.1) is 29.2 Å². The molecule has 176 valence electrons. The largest absolute Gasteiger partial charge is 0.481 e. The molecule has 0 bridgehead atoms. The number of aryl methyl sites for hydroxylation is 1. The van der Waals surface area contributed by atoms with Crippen molar-refractivity contribution in [3.63, 3.8) is 0 Å². The summed E-state index contributed by atoms with van der Waals surface area (Å²) < 4.78 is 28.1. The Morgan fingerprint density at radius 2 is 1.86 bits per heavy atom. The van der Waals surface area contributed by atoms with Crippen LogP contribution in [0.1, 0.15) is 21.5 Å². The number of carbonyl (C=O) groups excluding carboxylic acids is 1. The molecule has 35 heavy (non-hydrogen) atoms. The first-order chi connectivity index (χ1) is 16.8. The first-order valence-corrected chi connectivity index (χ1v) is 10.9. The minimum absolute atomic E-state index is 0.162. The number of carbonyl (C=O) groups is 2. The Balaban J connectivity index is 1.88. The summed E-state index contributed by atoms with van der Waals surface area (Å²) in [5, 5.41) is 10.3. The number of nitrogens with zero attached hydrogens (tertiary/aromatic N) is 1. The number of carboxylic acid groups (broad SMARTS) is 1. The second kappa shape index (κ2) is 8.64. The van der Waals surface area contributed by atoms with E-state index in [1.807, 2.05) is 16.7 Å². The molecular formula is C27H21FN2O5. The summed E-state index contributed by atoms with van der Waals surface area (Å²) in [7, 11) is 0. The van der Waals surface area contributed by atoms with Crippen molar-refractivity contribution in [3.8, 4) is 17.1 Å². The number of halogens is 1. The third kappa shape index (κ3) is 3.89. The van der Waals surface area contributed by atoms with E-state index in [4.69, 9.17) is 14.9 Å². The van der Waals surface area contributed by atoms with Crippen molar-refractivity contribution in [1.82, 2.24) is 4.57 Å². The number of aliphatic carboxylic acids is 1. The zero-order valence-electron chi connectivity index (χ0n) is 18.7. The Hall–Kier alpha value is -4.59. The first kappa shape index (κ1) is 22.2. The van der Waals surface area contributed by atoms with E-state index in [1.54, 1.807) is 55.5 Å². The van der Waals surface area contributed by atoms with Crippen LogP contribution in [0.3, 0.4) is 0 Å². The maximum atomic E-state index is 15.0. The standard InChI is InChI=1S/C27H21FN2O5/c1-15-5-2-6-16(26(15)28)13-30-19-8-3-7-18(27(29)33)24(19)25-20(30)11-17(21-9-4-10-34-21)12-22(25)35-14-23(31)32/h2-12H,13-14H2,1H3,(H2,29,33)(H,31,32). The molecule has 2 heterocycles. The van der Waals surface area contributed by atoms with Gasteiger partial charge < -0.3 is 24.6 Å². The maximum Gasteiger partial charge on any atom is 0.341 e. The highest BCUT2D eigenvalue weighted by molar-refractivity contribution is 6.20. The molecule has 5 aromatic rings. The summed E-state index contributed by atoms with van der Waals surface area (Å²) in [5.41, 5.74) is 8.81. The molecule has 8 heteroatoms. The van der Waals surface area contributed by atoms with Crippen molar-refractivity contribution in [3.05, 3.63) is 89.4 Å². The van der Waals surface area contributed by atoms with Gasteiger partial charge >= 0.3 is 5.97 Å². The molecule has 0 atom stereocenters. The summed E-state index contributed by atoms with van der Waals surface area (Å²) in [6, 6.07) is 17.3. The van der Waals surface area contributed by atoms with Crippen molar-refractivity contribution >= 4 is 33.7 Å². The number of rotatable bonds is 7. The molecule has 0 unspecified atom stereocenters. The van der Waals surface area contributed by atoms with Crippen molar-refractivity contribution in [2.45, 2.75) is 13.5 Å². The monoisotopic (exact) mass is 472 g/mol. The van der Waals surface area contributed by atoms with E-state index in [1.165, 1.54) is 6.26 Å². The van der Waals surface area contributed by atoms with Gasteiger partial charge in [0.25, 0.3) is 0 Å². The van der Waals surface area contributed by atoms with Crippen LogP contribution in [0.25, 0.3) is 33.1 Å². The summed E-state index contributed by atoms with van der Waals surface area (Å²) in [4.78, 5) is 23.7. The number of hydrogen-bond donors (Lipinski definition) is 2. The predicted octanol–water partition coefficient (Wildman–Crippen LogP) is 5.11. The maximum absolute atomic E-state index is 15.0. The quantitative estimate of drug-likeness (QED) is 0.342. The summed E-state index contributed by atoms with van der Waals surface area (Å²) >= 11 is 0. The van der Waals surface area contributed by atoms with Crippen LogP contribution in [0.15, 0.2) is 71.3 Å². The van der Waals surface area contributed by atoms with E-state index < -0.39 is 18.5 Å². The van der Waals surface area contributed by atoms with Gasteiger partial charge in [0, 0.05) is 22.1 Å². The van der Waals surface area contributed by atoms with E-state index in [2.05, 4.69) is 0 Å². The van der Waals surface area contributed by atoms with Crippen LogP contribution in [-0.4, -0.2) is 28.2 Å². The molecule has 5 rings (SSSR count). The molecule has 0 saturated carbocycles. The Morgan fingerprint density at radius 3 is 2.57 bits per heavy atom. The summed E-state index contributed by atoms with van der Waals surface area (Å²) in [5.74, 6) is -1.32. The number of benzene rings is 3. The van der Waals surface area contributed by atoms with E-state index in [0.717, 1.165) is 0 Å². The number of amides is 1. The fourth-order valence-corrected chi connectivity index (χ4v) is 4.44. The summed E-state index contributed by atoms with van der Waals surface area (Å²) in [6.07, 6.45) is 1.53. The highest BCUT2D eigenvalue weighted by atomic mass is 19.1. The van der Waals surface area contributed by atoms with Crippen LogP contribution in [0.5, 0.6) is 5.75 Å². The van der Waals surface area contributed by atoms with Crippen molar-refractivity contribution in [1.29, 1.82) is 0 Å². The normalized spacial score (nSPS) is 11.3. The number of nitrogens with two attached hydrogens (primary N) is 1. The number of furan rings is 1. The molecule has 0 saturated heterocycles. The molecular weight excluding hydrogens is 451 g/mol. The highest BCUT2D eigenvalue weighted by Gasteiger charge is 2.22. The minimum Gasteiger partial charge on any atom is -0.481 e. The Morgan fingerprint density at radius 1 is 1.06 bits per heavy atom. The van der Waals surface area contributed by atoms with Crippen molar-refractivity contribution in [2.75, 3.05) is 6.61 Å². The van der Waals surface area contributed by atoms with Crippen LogP contribution >= 0.6 is 0 Å². The third-order valence-corrected chi connectivity index (χ3v) is 5.98. The molecule has 2 aromatic heterocycles. The first-order valence-electron chi connectivity index (χ1n) is 10.9. The van der Waals surface area contributed by atoms with Crippen molar-refractivity contribution < 1.29 is 28.2 Å². The molecule has 0 aliphatic rings. The second-order valence-electron chi connectivity index (χ2n) is 8.23. The average Bonchev–Trinajstić information content (AvgIpc) is 3.47. The van der Waals surface area contributed by atoms with Crippen LogP contribution in [-0.2, 0) is 11.3 Å². The van der Waals surface area contributed by atoms with Crippen LogP contribution in [0, 0.1) is 12.7 Å². The number of carboxylic acids is 1. The van der Waals surface area contributed by atoms with Gasteiger partial charge in [0.15, 0.2) is 6.61 Å². The molecule has 0 spiro atoms. The molecule has 0 aliphatic carbocycles. The topological polar surface area (TPSA) is 108 Å². The number of hydrogen-bond acceptors (Lipinski definition) is 4. The number of ether oxygens (including phenoxy) is 1. The van der Waals surface area contributed by atoms with Crippen LogP contribution in [0.2, 0.25) is 0 Å². The van der Waals surface area contributed by atoms with Crippen molar-refractivity contribution in [2.24, 2.45) is 5.73 Å². The third-order valence-electron chi connectivity index (χ3n) is 5.98. The lowest BCUT2D eigenvalue weighted by atomic mass is 10.0. The van der Waals surface area contributed by atoms with Crippen LogP contribution < -0.4 is 10.5 Å². The molecule has 0 aliphatic heterocycles. The van der Waals surface area contributed by atoms with Gasteiger partial charge in [-0.3, -0.25) is 4.79 Å². The average molecular weight is 472 g/mol. The minimum atomic E-state index is -1.15. The van der Waals surface area contributed by atoms with Gasteiger partial charge in [-0.25, -0.2) is 9.18 Å². The van der Waals surface area contributed by atoms with Gasteiger partial charge in [-0.2, -0.15) is 0 Å². The lowest BCUT2D eigenvalue weighted by Crippen LogP contribution is -2.11. The zero-order valence-corrected chi connectivity index (χ0v) is 18.7. The van der Waals surface area contributed by atoms with E-state index in [0.29, 0.717) is 44.3 Å². The van der Waals surface area contributed by atoms with E-state index in [9.17, 15) is 14.7 Å². The fraction of sp³-hybridized carbons (Fsp3) is 0.111. The lowest BCUT2D eigenvalue weighted by molar-refractivity contribution is -0.139. The predicted molar refractivity (Wildman–Crippen MR) is 129 cm³/mol. The van der Waals surface area contributed by atoms with Crippen LogP contribution in [0.4, 0.5) is 4.39 Å². The molecule has 7 nitrogen and oxygen atoms in total. The molecule has 1 amide bonds. The lowest BCUT2D eigenvalue weighted by Gasteiger charge is -2.12. The van der Waals surface area contributed by atoms with Gasteiger partial charge in [-0.15, -0.1) is 0 Å². The van der Waals surface area contributed by atoms with E-state index in [-0.39, 0.29) is 23.7 Å².